The standard InChI is InChI=1S/C17H34O3/c1-2-20-17(19)15-13-11-9-7-5-3-4-6-8-10-12-14-16-18/h18H,2-16H2,1H3. The molecule has 0 unspecified atom stereocenters. The molecule has 0 spiro atoms. The van der Waals surface area contributed by atoms with Gasteiger partial charge in [0.2, 0.25) is 0 Å². The first-order valence-electron chi connectivity index (χ1n) is 8.57. The number of hydrogen-bond donors (Lipinski definition) is 1. The van der Waals surface area contributed by atoms with E-state index in [1.165, 1.54) is 57.8 Å². The number of carbonyl (C=O) groups is 1. The van der Waals surface area contributed by atoms with E-state index in [0.717, 1.165) is 19.3 Å². The molecule has 3 nitrogen and oxygen atoms in total. The van der Waals surface area contributed by atoms with Crippen LogP contribution in [-0.2, 0) is 9.53 Å². The van der Waals surface area contributed by atoms with Crippen LogP contribution in [0.2, 0.25) is 0 Å². The molecule has 0 aliphatic rings. The van der Waals surface area contributed by atoms with Crippen LogP contribution < -0.4 is 0 Å². The minimum Gasteiger partial charge on any atom is -0.466 e. The normalized spacial score (nSPS) is 10.7. The van der Waals surface area contributed by atoms with E-state index >= 15 is 0 Å². The summed E-state index contributed by atoms with van der Waals surface area (Å²) in [4.78, 5) is 11.1. The molecule has 120 valence electrons. The zero-order valence-electron chi connectivity index (χ0n) is 13.4. The first kappa shape index (κ1) is 19.4. The molecule has 0 aromatic heterocycles. The number of esters is 1. The van der Waals surface area contributed by atoms with E-state index in [2.05, 4.69) is 0 Å². The lowest BCUT2D eigenvalue weighted by atomic mass is 10.0. The fourth-order valence-corrected chi connectivity index (χ4v) is 2.38. The fraction of sp³-hybridized carbons (Fsp3) is 0.941. The highest BCUT2D eigenvalue weighted by Crippen LogP contribution is 2.12. The number of aliphatic hydroxyl groups is 1. The third kappa shape index (κ3) is 15.5. The summed E-state index contributed by atoms with van der Waals surface area (Å²) in [6.07, 6.45) is 15.4. The van der Waals surface area contributed by atoms with Crippen molar-refractivity contribution in [3.8, 4) is 0 Å². The molecule has 20 heavy (non-hydrogen) atoms. The number of rotatable bonds is 15. The summed E-state index contributed by atoms with van der Waals surface area (Å²) in [5.74, 6) is -0.0475. The van der Waals surface area contributed by atoms with Crippen molar-refractivity contribution in [2.75, 3.05) is 13.2 Å². The zero-order chi connectivity index (χ0) is 14.9. The minimum atomic E-state index is -0.0475. The summed E-state index contributed by atoms with van der Waals surface area (Å²) in [6.45, 7) is 2.69. The van der Waals surface area contributed by atoms with Gasteiger partial charge in [0.1, 0.15) is 0 Å². The van der Waals surface area contributed by atoms with Crippen molar-refractivity contribution in [1.82, 2.24) is 0 Å². The van der Waals surface area contributed by atoms with Crippen molar-refractivity contribution in [3.63, 3.8) is 0 Å². The van der Waals surface area contributed by atoms with Crippen molar-refractivity contribution in [1.29, 1.82) is 0 Å². The highest BCUT2D eigenvalue weighted by atomic mass is 16.5. The Morgan fingerprint density at radius 3 is 1.55 bits per heavy atom. The zero-order valence-corrected chi connectivity index (χ0v) is 13.4. The highest BCUT2D eigenvalue weighted by molar-refractivity contribution is 5.69. The Labute approximate surface area is 125 Å². The van der Waals surface area contributed by atoms with Gasteiger partial charge in [0.25, 0.3) is 0 Å². The first-order chi connectivity index (χ1) is 9.81. The largest absolute Gasteiger partial charge is 0.466 e. The lowest BCUT2D eigenvalue weighted by Gasteiger charge is -2.03. The Bertz CT molecular complexity index is 204. The second-order valence-corrected chi connectivity index (χ2v) is 5.52. The molecule has 0 bridgehead atoms. The second kappa shape index (κ2) is 16.5. The van der Waals surface area contributed by atoms with Crippen molar-refractivity contribution < 1.29 is 14.6 Å². The van der Waals surface area contributed by atoms with Crippen molar-refractivity contribution in [3.05, 3.63) is 0 Å². The molecule has 0 aromatic rings. The molecule has 0 radical (unpaired) electrons. The van der Waals surface area contributed by atoms with E-state index < -0.39 is 0 Å². The van der Waals surface area contributed by atoms with Gasteiger partial charge in [-0.15, -0.1) is 0 Å². The van der Waals surface area contributed by atoms with E-state index in [0.29, 0.717) is 19.6 Å². The van der Waals surface area contributed by atoms with Crippen LogP contribution in [0.3, 0.4) is 0 Å². The van der Waals surface area contributed by atoms with Gasteiger partial charge in [-0.3, -0.25) is 4.79 Å². The lowest BCUT2D eigenvalue weighted by molar-refractivity contribution is -0.143. The highest BCUT2D eigenvalue weighted by Gasteiger charge is 2.00. The van der Waals surface area contributed by atoms with Crippen LogP contribution in [0.5, 0.6) is 0 Å². The molecule has 0 rings (SSSR count). The Morgan fingerprint density at radius 1 is 0.750 bits per heavy atom. The van der Waals surface area contributed by atoms with E-state index in [4.69, 9.17) is 9.84 Å². The number of carbonyl (C=O) groups excluding carboxylic acids is 1. The molecule has 3 heteroatoms. The topological polar surface area (TPSA) is 46.5 Å². The molecule has 0 aromatic carbocycles. The van der Waals surface area contributed by atoms with E-state index in [1.807, 2.05) is 6.92 Å². The summed E-state index contributed by atoms with van der Waals surface area (Å²) in [6, 6.07) is 0. The van der Waals surface area contributed by atoms with Gasteiger partial charge < -0.3 is 9.84 Å². The third-order valence-electron chi connectivity index (χ3n) is 3.59. The first-order valence-corrected chi connectivity index (χ1v) is 8.57. The molecule has 0 aliphatic carbocycles. The van der Waals surface area contributed by atoms with Gasteiger partial charge in [-0.05, 0) is 19.8 Å². The number of unbranched alkanes of at least 4 members (excludes halogenated alkanes) is 11. The average Bonchev–Trinajstić information content (AvgIpc) is 2.44. The molecule has 0 fully saturated rings. The average molecular weight is 286 g/mol. The van der Waals surface area contributed by atoms with Crippen LogP contribution >= 0.6 is 0 Å². The Morgan fingerprint density at radius 2 is 1.15 bits per heavy atom. The van der Waals surface area contributed by atoms with Crippen molar-refractivity contribution in [2.45, 2.75) is 90.4 Å². The van der Waals surface area contributed by atoms with Gasteiger partial charge in [0, 0.05) is 13.0 Å². The fourth-order valence-electron chi connectivity index (χ4n) is 2.38. The molecule has 0 aliphatic heterocycles. The van der Waals surface area contributed by atoms with Crippen LogP contribution in [0.15, 0.2) is 0 Å². The van der Waals surface area contributed by atoms with E-state index in [-0.39, 0.29) is 5.97 Å². The van der Waals surface area contributed by atoms with Gasteiger partial charge in [0.05, 0.1) is 6.61 Å². The Balaban J connectivity index is 3.01. The van der Waals surface area contributed by atoms with E-state index in [9.17, 15) is 4.79 Å². The molecule has 1 N–H and O–H groups in total. The monoisotopic (exact) mass is 286 g/mol. The van der Waals surface area contributed by atoms with Gasteiger partial charge in [-0.1, -0.05) is 64.2 Å². The van der Waals surface area contributed by atoms with Crippen molar-refractivity contribution >= 4 is 5.97 Å². The minimum absolute atomic E-state index is 0.0475. The van der Waals surface area contributed by atoms with Crippen LogP contribution in [-0.4, -0.2) is 24.3 Å². The van der Waals surface area contributed by atoms with E-state index in [1.54, 1.807) is 0 Å². The molecule has 0 atom stereocenters. The second-order valence-electron chi connectivity index (χ2n) is 5.52. The molecule has 0 amide bonds. The smallest absolute Gasteiger partial charge is 0.305 e. The van der Waals surface area contributed by atoms with Gasteiger partial charge in [-0.25, -0.2) is 0 Å². The van der Waals surface area contributed by atoms with Crippen LogP contribution in [0.1, 0.15) is 90.4 Å². The van der Waals surface area contributed by atoms with Crippen LogP contribution in [0.25, 0.3) is 0 Å². The van der Waals surface area contributed by atoms with Crippen LogP contribution in [0, 0.1) is 0 Å². The van der Waals surface area contributed by atoms with Gasteiger partial charge in [-0.2, -0.15) is 0 Å². The number of hydrogen-bond acceptors (Lipinski definition) is 3. The predicted molar refractivity (Wildman–Crippen MR) is 83.7 cm³/mol. The maximum absolute atomic E-state index is 11.1. The quantitative estimate of drug-likeness (QED) is 0.353. The summed E-state index contributed by atoms with van der Waals surface area (Å²) in [5.41, 5.74) is 0. The van der Waals surface area contributed by atoms with Gasteiger partial charge >= 0.3 is 5.97 Å². The molecule has 0 heterocycles. The molecular weight excluding hydrogens is 252 g/mol. The lowest BCUT2D eigenvalue weighted by Crippen LogP contribution is -2.03. The summed E-state index contributed by atoms with van der Waals surface area (Å²) in [5, 5.41) is 8.66. The third-order valence-corrected chi connectivity index (χ3v) is 3.59. The Kier molecular flexibility index (Phi) is 16.0. The summed E-state index contributed by atoms with van der Waals surface area (Å²) >= 11 is 0. The molecule has 0 saturated carbocycles. The molecular formula is C17H34O3. The summed E-state index contributed by atoms with van der Waals surface area (Å²) in [7, 11) is 0. The Hall–Kier alpha value is -0.570. The van der Waals surface area contributed by atoms with Crippen LogP contribution in [0.4, 0.5) is 0 Å². The predicted octanol–water partition coefficient (Wildman–Crippen LogP) is 4.61. The maximum atomic E-state index is 11.1. The van der Waals surface area contributed by atoms with Gasteiger partial charge in [0.15, 0.2) is 0 Å². The number of aliphatic hydroxyl groups excluding tert-OH is 1. The maximum Gasteiger partial charge on any atom is 0.305 e. The molecule has 0 saturated heterocycles. The van der Waals surface area contributed by atoms with Crippen molar-refractivity contribution in [2.24, 2.45) is 0 Å². The number of ether oxygens (including phenoxy) is 1. The SMILES string of the molecule is CCOC(=O)CCCCCCCCCCCCCCO. The summed E-state index contributed by atoms with van der Waals surface area (Å²) < 4.78 is 4.90.